The average Bonchev–Trinajstić information content (AvgIpc) is 2.98. The van der Waals surface area contributed by atoms with Gasteiger partial charge >= 0.3 is 19.4 Å². The summed E-state index contributed by atoms with van der Waals surface area (Å²) >= 11 is 0. The van der Waals surface area contributed by atoms with E-state index in [2.05, 4.69) is 5.09 Å². The van der Waals surface area contributed by atoms with E-state index >= 15 is 0 Å². The fraction of sp³-hybridized carbons (Fsp3) is 0.421. The van der Waals surface area contributed by atoms with E-state index in [1.54, 1.807) is 6.07 Å². The van der Waals surface area contributed by atoms with Crippen LogP contribution in [0.25, 0.3) is 0 Å². The number of aliphatic carboxylic acids is 1. The van der Waals surface area contributed by atoms with Crippen molar-refractivity contribution in [1.82, 2.24) is 14.6 Å². The number of rotatable bonds is 9. The topological polar surface area (TPSA) is 189 Å². The Kier molecular flexibility index (Phi) is 6.40. The highest BCUT2D eigenvalue weighted by molar-refractivity contribution is 7.52. The predicted octanol–water partition coefficient (Wildman–Crippen LogP) is -0.188. The van der Waals surface area contributed by atoms with E-state index in [1.165, 1.54) is 24.3 Å². The molecule has 33 heavy (non-hydrogen) atoms. The summed E-state index contributed by atoms with van der Waals surface area (Å²) in [6.07, 6.45) is -4.80. The first kappa shape index (κ1) is 22.0. The molecule has 2 aromatic rings. The number of benzene rings is 1. The predicted molar refractivity (Wildman–Crippen MR) is 113 cm³/mol. The molecule has 180 valence electrons. The lowest BCUT2D eigenvalue weighted by Gasteiger charge is -2.27. The maximum absolute atomic E-state index is 13.4. The van der Waals surface area contributed by atoms with Crippen molar-refractivity contribution in [3.63, 3.8) is 0 Å². The number of hydrogen-bond acceptors (Lipinski definition) is 9. The van der Waals surface area contributed by atoms with Crippen LogP contribution in [0.1, 0.15) is 22.8 Å². The number of ether oxygens (including phenoxy) is 1. The minimum Gasteiger partial charge on any atom is -0.480 e. The Morgan fingerprint density at radius 1 is 1.39 bits per heavy atom. The van der Waals surface area contributed by atoms with Gasteiger partial charge in [-0.2, -0.15) is 5.09 Å². The molecule has 1 saturated heterocycles. The molecule has 2 heterocycles. The number of carbonyl (C=O) groups is 1. The van der Waals surface area contributed by atoms with Gasteiger partial charge in [-0.1, -0.05) is 18.2 Å². The monoisotopic (exact) mass is 487 g/mol. The normalized spacial score (nSPS) is 28.9. The van der Waals surface area contributed by atoms with Gasteiger partial charge in [0.1, 0.15) is 29.6 Å². The van der Waals surface area contributed by atoms with Gasteiger partial charge in [-0.25, -0.2) is 9.36 Å². The Hall–Kier alpha value is -2.80. The number of hydrogen-bond donors (Lipinski definition) is 5. The van der Waals surface area contributed by atoms with Crippen LogP contribution < -0.4 is 20.9 Å². The number of carboxylic acid groups (broad SMARTS) is 1. The molecule has 0 radical (unpaired) electrons. The van der Waals surface area contributed by atoms with E-state index in [0.29, 0.717) is 0 Å². The molecule has 5 N–H and O–H groups in total. The molecule has 3 rings (SSSR count). The van der Waals surface area contributed by atoms with Crippen LogP contribution in [0.5, 0.6) is 5.75 Å². The van der Waals surface area contributed by atoms with Crippen molar-refractivity contribution >= 4 is 13.7 Å². The summed E-state index contributed by atoms with van der Waals surface area (Å²) in [4.78, 5) is 36.8. The van der Waals surface area contributed by atoms with Gasteiger partial charge in [-0.15, -0.1) is 0 Å². The second-order valence-corrected chi connectivity index (χ2v) is 9.02. The number of carboxylic acids is 1. The van der Waals surface area contributed by atoms with Gasteiger partial charge in [0, 0.05) is 12.3 Å². The van der Waals surface area contributed by atoms with Crippen LogP contribution in [0.2, 0.25) is 0 Å². The van der Waals surface area contributed by atoms with E-state index in [0.717, 1.165) is 30.7 Å². The van der Waals surface area contributed by atoms with Crippen LogP contribution >= 0.6 is 7.75 Å². The van der Waals surface area contributed by atoms with Gasteiger partial charge < -0.3 is 24.6 Å². The maximum Gasteiger partial charge on any atom is 0.459 e. The van der Waals surface area contributed by atoms with Gasteiger partial charge in [0.15, 0.2) is 6.23 Å². The molecule has 1 aliphatic heterocycles. The van der Waals surface area contributed by atoms with Crippen molar-refractivity contribution in [3.8, 4) is 5.75 Å². The summed E-state index contributed by atoms with van der Waals surface area (Å²) in [6, 6.07) is 6.82. The highest BCUT2D eigenvalue weighted by Gasteiger charge is 2.54. The fourth-order valence-corrected chi connectivity index (χ4v) is 4.33. The lowest BCUT2D eigenvalue weighted by atomic mass is 9.96. The molecule has 1 aromatic heterocycles. The summed E-state index contributed by atoms with van der Waals surface area (Å²) in [5.74, 6) is -1.49. The molecule has 1 unspecified atom stereocenters. The molecule has 1 fully saturated rings. The highest BCUT2D eigenvalue weighted by atomic mass is 31.2. The second-order valence-electron chi connectivity index (χ2n) is 7.40. The molecule has 0 spiro atoms. The number of nitrogens with zero attached hydrogens (tertiary/aromatic N) is 1. The fourth-order valence-electron chi connectivity index (χ4n) is 2.96. The van der Waals surface area contributed by atoms with Gasteiger partial charge in [-0.05, 0) is 26.0 Å². The minimum absolute atomic E-state index is 0.0470. The summed E-state index contributed by atoms with van der Waals surface area (Å²) in [7, 11) is -4.80. The number of aromatic nitrogens is 2. The zero-order valence-corrected chi connectivity index (χ0v) is 18.3. The van der Waals surface area contributed by atoms with E-state index < -0.39 is 61.6 Å². The van der Waals surface area contributed by atoms with Crippen molar-refractivity contribution in [3.05, 3.63) is 63.4 Å². The van der Waals surface area contributed by atoms with Crippen molar-refractivity contribution in [2.24, 2.45) is 0 Å². The molecule has 0 saturated carbocycles. The van der Waals surface area contributed by atoms with Crippen molar-refractivity contribution in [2.45, 2.75) is 43.9 Å². The third-order valence-electron chi connectivity index (χ3n) is 4.74. The zero-order chi connectivity index (χ0) is 26.2. The van der Waals surface area contributed by atoms with E-state index in [-0.39, 0.29) is 5.75 Å². The molecule has 14 heteroatoms. The second kappa shape index (κ2) is 9.59. The summed E-state index contributed by atoms with van der Waals surface area (Å²) < 4.78 is 46.6. The number of aliphatic hydroxyl groups excluding tert-OH is 1. The third-order valence-corrected chi connectivity index (χ3v) is 6.25. The Balaban J connectivity index is 1.94. The molecular weight excluding hydrogens is 461 g/mol. The van der Waals surface area contributed by atoms with Gasteiger partial charge in [0.05, 0.1) is 9.30 Å². The van der Waals surface area contributed by atoms with Gasteiger partial charge in [-0.3, -0.25) is 23.7 Å². The van der Waals surface area contributed by atoms with Crippen LogP contribution in [0.3, 0.4) is 0 Å². The van der Waals surface area contributed by atoms with Crippen LogP contribution in [-0.2, 0) is 18.6 Å². The first-order valence-electron chi connectivity index (χ1n) is 10.6. The first-order valence-corrected chi connectivity index (χ1v) is 11.1. The van der Waals surface area contributed by atoms with E-state index in [9.17, 15) is 34.3 Å². The Bertz CT molecular complexity index is 1240. The molecule has 0 bridgehead atoms. The van der Waals surface area contributed by atoms with E-state index in [1.807, 2.05) is 4.98 Å². The average molecular weight is 487 g/mol. The quantitative estimate of drug-likeness (QED) is 0.295. The lowest BCUT2D eigenvalue weighted by Crippen LogP contribution is -2.47. The lowest BCUT2D eigenvalue weighted by molar-refractivity contribution is -0.138. The highest BCUT2D eigenvalue weighted by Crippen LogP contribution is 2.46. The standard InChI is InChI=1S/C19H24N3O10P/c1-11(16(25)26)21-33(29,32-12-6-4-3-5-7-12)30-10-13-15(24)19(2,28)17(31-13)22-9-8-14(23)20-18(22)27/h3-9,11,13,15,17,24,28H,10H2,1-2H3,(H,21,29)(H,25,26)(H,20,23,27)/t11?,13-,15+,17+,19+,33+/m0/s1/i10D2. The van der Waals surface area contributed by atoms with Gasteiger partial charge in [0.25, 0.3) is 5.56 Å². The number of aliphatic hydroxyl groups is 2. The molecule has 0 amide bonds. The number of nitrogens with one attached hydrogen (secondary N) is 2. The van der Waals surface area contributed by atoms with Gasteiger partial charge in [0.2, 0.25) is 0 Å². The van der Waals surface area contributed by atoms with Crippen molar-refractivity contribution < 1.29 is 41.2 Å². The molecule has 1 aliphatic rings. The summed E-state index contributed by atoms with van der Waals surface area (Å²) in [5, 5.41) is 32.8. The van der Waals surface area contributed by atoms with Crippen LogP contribution in [0, 0.1) is 0 Å². The number of aromatic amines is 1. The summed E-state index contributed by atoms with van der Waals surface area (Å²) in [5.41, 5.74) is -4.03. The van der Waals surface area contributed by atoms with Crippen LogP contribution in [0.15, 0.2) is 52.2 Å². The van der Waals surface area contributed by atoms with Crippen LogP contribution in [-0.4, -0.2) is 61.2 Å². The van der Waals surface area contributed by atoms with Crippen molar-refractivity contribution in [2.75, 3.05) is 6.56 Å². The minimum atomic E-state index is -4.80. The summed E-state index contributed by atoms with van der Waals surface area (Å²) in [6.45, 7) is -0.993. The molecule has 1 aromatic carbocycles. The molecular formula is C19H24N3O10P. The Morgan fingerprint density at radius 3 is 2.67 bits per heavy atom. The molecule has 6 atom stereocenters. The van der Waals surface area contributed by atoms with Crippen LogP contribution in [0.4, 0.5) is 0 Å². The largest absolute Gasteiger partial charge is 0.480 e. The van der Waals surface area contributed by atoms with E-state index in [4.69, 9.17) is 16.5 Å². The Morgan fingerprint density at radius 2 is 2.06 bits per heavy atom. The maximum atomic E-state index is 13.4. The number of para-hydroxylation sites is 1. The smallest absolute Gasteiger partial charge is 0.459 e. The molecule has 0 aliphatic carbocycles. The first-order chi connectivity index (χ1) is 16.2. The number of H-pyrrole nitrogens is 1. The van der Waals surface area contributed by atoms with Crippen molar-refractivity contribution in [1.29, 1.82) is 0 Å². The zero-order valence-electron chi connectivity index (χ0n) is 19.4. The molecule has 13 nitrogen and oxygen atoms in total. The Labute approximate surface area is 190 Å². The SMILES string of the molecule is [2H]C([2H])(O[P@](=O)(NC(C)C(=O)O)Oc1ccccc1)[C@@H]1O[C@@H](n2ccc(=O)[nH]c2=O)[C@](C)(O)[C@@H]1O. The third kappa shape index (κ3) is 5.58.